The number of rotatable bonds is 10. The quantitative estimate of drug-likeness (QED) is 0.343. The van der Waals surface area contributed by atoms with Crippen LogP contribution in [0.5, 0.6) is 11.5 Å². The van der Waals surface area contributed by atoms with E-state index >= 15 is 0 Å². The van der Waals surface area contributed by atoms with Crippen LogP contribution in [0.15, 0.2) is 48.5 Å². The van der Waals surface area contributed by atoms with E-state index in [1.807, 2.05) is 6.92 Å². The van der Waals surface area contributed by atoms with Crippen molar-refractivity contribution in [3.05, 3.63) is 64.2 Å². The Kier molecular flexibility index (Phi) is 8.21. The number of benzene rings is 2. The van der Waals surface area contributed by atoms with Crippen LogP contribution in [-0.2, 0) is 4.79 Å². The molecule has 0 spiro atoms. The SMILES string of the molecule is CCCOc1ccc(/C=C/C(=O)Nc2ccc(OCC(C)C)cc2)cc1[N+](=O)[O-]. The Morgan fingerprint density at radius 3 is 2.52 bits per heavy atom. The van der Waals surface area contributed by atoms with Crippen molar-refractivity contribution in [1.29, 1.82) is 0 Å². The van der Waals surface area contributed by atoms with Gasteiger partial charge < -0.3 is 14.8 Å². The predicted octanol–water partition coefficient (Wildman–Crippen LogP) is 5.07. The maximum atomic E-state index is 12.1. The van der Waals surface area contributed by atoms with Gasteiger partial charge >= 0.3 is 5.69 Å². The van der Waals surface area contributed by atoms with Crippen LogP contribution >= 0.6 is 0 Å². The third-order valence-electron chi connectivity index (χ3n) is 3.77. The van der Waals surface area contributed by atoms with E-state index in [-0.39, 0.29) is 17.3 Å². The molecule has 0 saturated carbocycles. The lowest BCUT2D eigenvalue weighted by Crippen LogP contribution is -2.08. The predicted molar refractivity (Wildman–Crippen MR) is 113 cm³/mol. The van der Waals surface area contributed by atoms with E-state index in [2.05, 4.69) is 19.2 Å². The number of anilines is 1. The van der Waals surface area contributed by atoms with Gasteiger partial charge in [-0.3, -0.25) is 14.9 Å². The lowest BCUT2D eigenvalue weighted by molar-refractivity contribution is -0.385. The minimum atomic E-state index is -0.495. The molecule has 2 aromatic carbocycles. The molecule has 0 saturated heterocycles. The van der Waals surface area contributed by atoms with Crippen molar-refractivity contribution in [3.8, 4) is 11.5 Å². The van der Waals surface area contributed by atoms with E-state index in [0.29, 0.717) is 30.4 Å². The van der Waals surface area contributed by atoms with Gasteiger partial charge in [0.2, 0.25) is 5.91 Å². The van der Waals surface area contributed by atoms with Crippen LogP contribution in [0.4, 0.5) is 11.4 Å². The minimum Gasteiger partial charge on any atom is -0.493 e. The molecule has 0 radical (unpaired) electrons. The van der Waals surface area contributed by atoms with Crippen molar-refractivity contribution in [3.63, 3.8) is 0 Å². The summed E-state index contributed by atoms with van der Waals surface area (Å²) in [6, 6.07) is 11.7. The first kappa shape index (κ1) is 21.9. The van der Waals surface area contributed by atoms with Crippen LogP contribution in [0.3, 0.4) is 0 Å². The molecule has 7 nitrogen and oxygen atoms in total. The van der Waals surface area contributed by atoms with Crippen LogP contribution in [0.2, 0.25) is 0 Å². The van der Waals surface area contributed by atoms with Crippen molar-refractivity contribution in [2.45, 2.75) is 27.2 Å². The van der Waals surface area contributed by atoms with Crippen LogP contribution in [0.1, 0.15) is 32.8 Å². The normalized spacial score (nSPS) is 10.9. The molecular formula is C22H26N2O5. The Labute approximate surface area is 170 Å². The maximum Gasteiger partial charge on any atom is 0.311 e. The standard InChI is InChI=1S/C22H26N2O5/c1-4-13-28-21-11-5-17(14-20(21)24(26)27)6-12-22(25)23-18-7-9-19(10-8-18)29-15-16(2)3/h5-12,14,16H,4,13,15H2,1-3H3,(H,23,25)/b12-6+. The fraction of sp³-hybridized carbons (Fsp3) is 0.318. The van der Waals surface area contributed by atoms with Crippen molar-refractivity contribution in [2.24, 2.45) is 5.92 Å². The summed E-state index contributed by atoms with van der Waals surface area (Å²) in [5, 5.41) is 14.0. The molecule has 0 aliphatic rings. The molecular weight excluding hydrogens is 372 g/mol. The number of nitro benzene ring substituents is 1. The van der Waals surface area contributed by atoms with Gasteiger partial charge in [-0.15, -0.1) is 0 Å². The zero-order chi connectivity index (χ0) is 21.2. The van der Waals surface area contributed by atoms with Crippen molar-refractivity contribution >= 4 is 23.4 Å². The first-order valence-electron chi connectivity index (χ1n) is 9.52. The minimum absolute atomic E-state index is 0.127. The molecule has 7 heteroatoms. The smallest absolute Gasteiger partial charge is 0.311 e. The number of carbonyl (C=O) groups excluding carboxylic acids is 1. The monoisotopic (exact) mass is 398 g/mol. The van der Waals surface area contributed by atoms with Gasteiger partial charge in [-0.2, -0.15) is 0 Å². The van der Waals surface area contributed by atoms with Gasteiger partial charge in [-0.1, -0.05) is 26.8 Å². The first-order chi connectivity index (χ1) is 13.9. The lowest BCUT2D eigenvalue weighted by Gasteiger charge is -2.09. The third-order valence-corrected chi connectivity index (χ3v) is 3.77. The highest BCUT2D eigenvalue weighted by Crippen LogP contribution is 2.28. The zero-order valence-corrected chi connectivity index (χ0v) is 16.9. The summed E-state index contributed by atoms with van der Waals surface area (Å²) in [6.07, 6.45) is 3.60. The molecule has 2 rings (SSSR count). The van der Waals surface area contributed by atoms with E-state index in [1.54, 1.807) is 36.4 Å². The second-order valence-electron chi connectivity index (χ2n) is 6.88. The van der Waals surface area contributed by atoms with E-state index in [4.69, 9.17) is 9.47 Å². The fourth-order valence-corrected chi connectivity index (χ4v) is 2.37. The molecule has 0 aliphatic carbocycles. The lowest BCUT2D eigenvalue weighted by atomic mass is 10.1. The van der Waals surface area contributed by atoms with Crippen LogP contribution in [0, 0.1) is 16.0 Å². The number of amides is 1. The van der Waals surface area contributed by atoms with Crippen molar-refractivity contribution in [2.75, 3.05) is 18.5 Å². The van der Waals surface area contributed by atoms with Gasteiger partial charge in [0.25, 0.3) is 0 Å². The largest absolute Gasteiger partial charge is 0.493 e. The Morgan fingerprint density at radius 1 is 1.17 bits per heavy atom. The number of nitrogens with one attached hydrogen (secondary N) is 1. The number of nitrogens with zero attached hydrogens (tertiary/aromatic N) is 1. The highest BCUT2D eigenvalue weighted by Gasteiger charge is 2.15. The second-order valence-corrected chi connectivity index (χ2v) is 6.88. The Morgan fingerprint density at radius 2 is 1.90 bits per heavy atom. The van der Waals surface area contributed by atoms with Gasteiger partial charge in [0.05, 0.1) is 18.1 Å². The van der Waals surface area contributed by atoms with E-state index in [1.165, 1.54) is 18.2 Å². The first-order valence-corrected chi connectivity index (χ1v) is 9.52. The second kappa shape index (κ2) is 10.8. The summed E-state index contributed by atoms with van der Waals surface area (Å²) >= 11 is 0. The number of carbonyl (C=O) groups is 1. The molecule has 2 aromatic rings. The highest BCUT2D eigenvalue weighted by molar-refractivity contribution is 6.02. The zero-order valence-electron chi connectivity index (χ0n) is 16.9. The van der Waals surface area contributed by atoms with Crippen molar-refractivity contribution < 1.29 is 19.2 Å². The summed E-state index contributed by atoms with van der Waals surface area (Å²) in [6.45, 7) is 7.10. The molecule has 0 aliphatic heterocycles. The average Bonchev–Trinajstić information content (AvgIpc) is 2.70. The Hall–Kier alpha value is -3.35. The maximum absolute atomic E-state index is 12.1. The van der Waals surface area contributed by atoms with Crippen LogP contribution in [-0.4, -0.2) is 24.0 Å². The number of hydrogen-bond donors (Lipinski definition) is 1. The molecule has 0 fully saturated rings. The number of hydrogen-bond acceptors (Lipinski definition) is 5. The summed E-state index contributed by atoms with van der Waals surface area (Å²) in [7, 11) is 0. The van der Waals surface area contributed by atoms with E-state index in [0.717, 1.165) is 12.2 Å². The molecule has 0 aromatic heterocycles. The summed E-state index contributed by atoms with van der Waals surface area (Å²) in [5.41, 5.74) is 1.04. The summed E-state index contributed by atoms with van der Waals surface area (Å²) in [4.78, 5) is 22.9. The van der Waals surface area contributed by atoms with Gasteiger partial charge in [-0.05, 0) is 54.3 Å². The Balaban J connectivity index is 1.99. The summed E-state index contributed by atoms with van der Waals surface area (Å²) in [5.74, 6) is 1.06. The molecule has 0 atom stereocenters. The van der Waals surface area contributed by atoms with Crippen LogP contribution < -0.4 is 14.8 Å². The van der Waals surface area contributed by atoms with Crippen molar-refractivity contribution in [1.82, 2.24) is 0 Å². The number of ether oxygens (including phenoxy) is 2. The molecule has 0 heterocycles. The fourth-order valence-electron chi connectivity index (χ4n) is 2.37. The van der Waals surface area contributed by atoms with Gasteiger partial charge in [-0.25, -0.2) is 0 Å². The van der Waals surface area contributed by atoms with Gasteiger partial charge in [0.15, 0.2) is 5.75 Å². The van der Waals surface area contributed by atoms with E-state index < -0.39 is 4.92 Å². The van der Waals surface area contributed by atoms with Crippen LogP contribution in [0.25, 0.3) is 6.08 Å². The summed E-state index contributed by atoms with van der Waals surface area (Å²) < 4.78 is 11.0. The Bertz CT molecular complexity index is 860. The molecule has 0 unspecified atom stereocenters. The molecule has 29 heavy (non-hydrogen) atoms. The average molecular weight is 398 g/mol. The van der Waals surface area contributed by atoms with Gasteiger partial charge in [0, 0.05) is 17.8 Å². The molecule has 1 amide bonds. The van der Waals surface area contributed by atoms with E-state index in [9.17, 15) is 14.9 Å². The molecule has 1 N–H and O–H groups in total. The molecule has 0 bridgehead atoms. The highest BCUT2D eigenvalue weighted by atomic mass is 16.6. The molecule has 154 valence electrons. The van der Waals surface area contributed by atoms with Gasteiger partial charge in [0.1, 0.15) is 5.75 Å². The third kappa shape index (κ3) is 7.29. The topological polar surface area (TPSA) is 90.7 Å². The number of nitro groups is 1.